The molecule has 1 aliphatic rings. The van der Waals surface area contributed by atoms with Gasteiger partial charge in [0.05, 0.1) is 29.0 Å². The Labute approximate surface area is 156 Å². The highest BCUT2D eigenvalue weighted by Crippen LogP contribution is 2.45. The summed E-state index contributed by atoms with van der Waals surface area (Å²) in [5.41, 5.74) is 4.78. The smallest absolute Gasteiger partial charge is 0.327 e. The van der Waals surface area contributed by atoms with Crippen LogP contribution in [0.2, 0.25) is 0 Å². The predicted octanol–water partition coefficient (Wildman–Crippen LogP) is 1.88. The first kappa shape index (κ1) is 18.5. The topological polar surface area (TPSA) is 91.0 Å². The Morgan fingerprint density at radius 3 is 2.58 bits per heavy atom. The molecule has 0 bridgehead atoms. The van der Waals surface area contributed by atoms with E-state index >= 15 is 0 Å². The van der Waals surface area contributed by atoms with Gasteiger partial charge in [-0.15, -0.1) is 11.8 Å². The maximum atomic E-state index is 12.3. The zero-order chi connectivity index (χ0) is 19.0. The molecular formula is C17H23N5O3S. The standard InChI is InChI=1S/C17H23N5O3S/c1-6-25-13(24)7-22-17-15(10(3)20-22)16(26-8-12(23)18-17)14-9(2)19-21(5)11(14)4/h16H,6-8H2,1-5H3,(H,18,23). The van der Waals surface area contributed by atoms with Gasteiger partial charge in [0.2, 0.25) is 5.91 Å². The van der Waals surface area contributed by atoms with Crippen molar-refractivity contribution < 1.29 is 14.3 Å². The molecule has 0 aromatic carbocycles. The van der Waals surface area contributed by atoms with Crippen LogP contribution in [0.3, 0.4) is 0 Å². The number of nitrogens with one attached hydrogen (secondary N) is 1. The van der Waals surface area contributed by atoms with Gasteiger partial charge in [-0.3, -0.25) is 14.3 Å². The lowest BCUT2D eigenvalue weighted by molar-refractivity contribution is -0.144. The minimum absolute atomic E-state index is 0.0350. The summed E-state index contributed by atoms with van der Waals surface area (Å²) in [6, 6.07) is 0. The highest BCUT2D eigenvalue weighted by molar-refractivity contribution is 8.00. The van der Waals surface area contributed by atoms with Gasteiger partial charge in [-0.05, 0) is 27.7 Å². The predicted molar refractivity (Wildman–Crippen MR) is 99.2 cm³/mol. The van der Waals surface area contributed by atoms with Gasteiger partial charge in [-0.2, -0.15) is 10.2 Å². The maximum Gasteiger partial charge on any atom is 0.327 e. The van der Waals surface area contributed by atoms with Crippen LogP contribution in [0.15, 0.2) is 0 Å². The van der Waals surface area contributed by atoms with Crippen molar-refractivity contribution in [2.24, 2.45) is 7.05 Å². The highest BCUT2D eigenvalue weighted by atomic mass is 32.2. The number of esters is 1. The molecule has 1 unspecified atom stereocenters. The van der Waals surface area contributed by atoms with Crippen molar-refractivity contribution in [1.29, 1.82) is 0 Å². The van der Waals surface area contributed by atoms with Crippen molar-refractivity contribution in [2.75, 3.05) is 17.7 Å². The van der Waals surface area contributed by atoms with E-state index in [-0.39, 0.29) is 23.7 Å². The molecule has 1 amide bonds. The molecule has 1 atom stereocenters. The normalized spacial score (nSPS) is 16.8. The van der Waals surface area contributed by atoms with Gasteiger partial charge in [0.25, 0.3) is 0 Å². The van der Waals surface area contributed by atoms with E-state index in [0.29, 0.717) is 18.2 Å². The summed E-state index contributed by atoms with van der Waals surface area (Å²) in [4.78, 5) is 24.2. The Morgan fingerprint density at radius 2 is 1.96 bits per heavy atom. The van der Waals surface area contributed by atoms with Gasteiger partial charge >= 0.3 is 5.97 Å². The lowest BCUT2D eigenvalue weighted by Crippen LogP contribution is -2.20. The van der Waals surface area contributed by atoms with Crippen LogP contribution in [0.1, 0.15) is 40.4 Å². The van der Waals surface area contributed by atoms with Crippen LogP contribution in [-0.4, -0.2) is 43.8 Å². The molecule has 0 fully saturated rings. The Bertz CT molecular complexity index is 870. The number of carbonyl (C=O) groups excluding carboxylic acids is 2. The third-order valence-corrected chi connectivity index (χ3v) is 5.72. The molecule has 0 saturated carbocycles. The zero-order valence-corrected chi connectivity index (χ0v) is 16.4. The third-order valence-electron chi connectivity index (χ3n) is 4.49. The van der Waals surface area contributed by atoms with Crippen molar-refractivity contribution in [2.45, 2.75) is 39.5 Å². The number of fused-ring (bicyclic) bond motifs is 1. The lowest BCUT2D eigenvalue weighted by Gasteiger charge is -2.16. The van der Waals surface area contributed by atoms with E-state index in [1.54, 1.807) is 18.7 Å². The van der Waals surface area contributed by atoms with Crippen molar-refractivity contribution in [1.82, 2.24) is 19.6 Å². The molecule has 0 aliphatic carbocycles. The Hall–Kier alpha value is -2.29. The molecule has 2 aromatic rings. The quantitative estimate of drug-likeness (QED) is 0.818. The summed E-state index contributed by atoms with van der Waals surface area (Å²) in [5.74, 6) is 0.404. The van der Waals surface area contributed by atoms with Crippen LogP contribution in [-0.2, 0) is 27.9 Å². The van der Waals surface area contributed by atoms with Crippen LogP contribution in [0.25, 0.3) is 0 Å². The van der Waals surface area contributed by atoms with E-state index in [1.165, 1.54) is 4.68 Å². The number of nitrogens with zero attached hydrogens (tertiary/aromatic N) is 4. The fourth-order valence-electron chi connectivity index (χ4n) is 3.29. The summed E-state index contributed by atoms with van der Waals surface area (Å²) < 4.78 is 8.41. The number of amides is 1. The number of rotatable bonds is 4. The van der Waals surface area contributed by atoms with E-state index in [2.05, 4.69) is 15.5 Å². The molecule has 8 nitrogen and oxygen atoms in total. The molecule has 1 N–H and O–H groups in total. The van der Waals surface area contributed by atoms with Crippen molar-refractivity contribution in [3.8, 4) is 0 Å². The van der Waals surface area contributed by atoms with Gasteiger partial charge in [0.1, 0.15) is 12.4 Å². The molecule has 3 heterocycles. The summed E-state index contributed by atoms with van der Waals surface area (Å²) in [6.45, 7) is 7.92. The number of hydrogen-bond donors (Lipinski definition) is 1. The van der Waals surface area contributed by atoms with Gasteiger partial charge in [-0.1, -0.05) is 0 Å². The summed E-state index contributed by atoms with van der Waals surface area (Å²) >= 11 is 1.55. The van der Waals surface area contributed by atoms with Crippen molar-refractivity contribution in [3.63, 3.8) is 0 Å². The van der Waals surface area contributed by atoms with Crippen LogP contribution >= 0.6 is 11.8 Å². The summed E-state index contributed by atoms with van der Waals surface area (Å²) in [7, 11) is 1.91. The van der Waals surface area contributed by atoms with E-state index in [4.69, 9.17) is 4.74 Å². The molecule has 1 aliphatic heterocycles. The van der Waals surface area contributed by atoms with Crippen LogP contribution < -0.4 is 5.32 Å². The van der Waals surface area contributed by atoms with E-state index in [0.717, 1.165) is 28.2 Å². The van der Waals surface area contributed by atoms with E-state index < -0.39 is 0 Å². The Morgan fingerprint density at radius 1 is 1.27 bits per heavy atom. The number of anilines is 1. The number of hydrogen-bond acceptors (Lipinski definition) is 6. The zero-order valence-electron chi connectivity index (χ0n) is 15.6. The van der Waals surface area contributed by atoms with Crippen LogP contribution in [0.5, 0.6) is 0 Å². The molecule has 0 spiro atoms. The molecule has 26 heavy (non-hydrogen) atoms. The van der Waals surface area contributed by atoms with Gasteiger partial charge in [0.15, 0.2) is 0 Å². The Kier molecular flexibility index (Phi) is 5.08. The minimum atomic E-state index is -0.380. The number of thioether (sulfide) groups is 1. The maximum absolute atomic E-state index is 12.3. The average Bonchev–Trinajstić information content (AvgIpc) is 2.91. The van der Waals surface area contributed by atoms with Crippen molar-refractivity contribution >= 4 is 29.5 Å². The second-order valence-electron chi connectivity index (χ2n) is 6.26. The second kappa shape index (κ2) is 7.14. The lowest BCUT2D eigenvalue weighted by atomic mass is 10.0. The first-order valence-electron chi connectivity index (χ1n) is 8.47. The van der Waals surface area contributed by atoms with Gasteiger partial charge < -0.3 is 10.1 Å². The van der Waals surface area contributed by atoms with E-state index in [9.17, 15) is 9.59 Å². The minimum Gasteiger partial charge on any atom is -0.465 e. The fraction of sp³-hybridized carbons (Fsp3) is 0.529. The molecule has 0 saturated heterocycles. The number of aromatic nitrogens is 4. The SMILES string of the molecule is CCOC(=O)Cn1nc(C)c2c1NC(=O)CSC2c1c(C)nn(C)c1C. The summed E-state index contributed by atoms with van der Waals surface area (Å²) in [5, 5.41) is 11.8. The summed E-state index contributed by atoms with van der Waals surface area (Å²) in [6.07, 6.45) is 0. The molecule has 140 valence electrons. The fourth-order valence-corrected chi connectivity index (χ4v) is 4.64. The van der Waals surface area contributed by atoms with Crippen LogP contribution in [0.4, 0.5) is 5.82 Å². The molecule has 9 heteroatoms. The molecule has 3 rings (SSSR count). The van der Waals surface area contributed by atoms with Gasteiger partial charge in [-0.25, -0.2) is 4.68 Å². The highest BCUT2D eigenvalue weighted by Gasteiger charge is 2.33. The van der Waals surface area contributed by atoms with Crippen LogP contribution in [0, 0.1) is 20.8 Å². The Balaban J connectivity index is 2.11. The largest absolute Gasteiger partial charge is 0.465 e. The molecule has 0 radical (unpaired) electrons. The molecule has 2 aromatic heterocycles. The first-order chi connectivity index (χ1) is 12.3. The number of carbonyl (C=O) groups is 2. The first-order valence-corrected chi connectivity index (χ1v) is 9.52. The third kappa shape index (κ3) is 3.23. The number of ether oxygens (including phenoxy) is 1. The monoisotopic (exact) mass is 377 g/mol. The second-order valence-corrected chi connectivity index (χ2v) is 7.35. The average molecular weight is 377 g/mol. The van der Waals surface area contributed by atoms with Crippen molar-refractivity contribution in [3.05, 3.63) is 28.2 Å². The number of aryl methyl sites for hydroxylation is 3. The van der Waals surface area contributed by atoms with E-state index in [1.807, 2.05) is 32.5 Å². The molecular weight excluding hydrogens is 354 g/mol. The van der Waals surface area contributed by atoms with Gasteiger partial charge in [0, 0.05) is 23.9 Å².